The molecule has 1 aliphatic rings. The molecule has 2 atom stereocenters. The van der Waals surface area contributed by atoms with E-state index in [1.165, 1.54) is 12.1 Å². The molecule has 0 unspecified atom stereocenters. The van der Waals surface area contributed by atoms with Crippen molar-refractivity contribution >= 4 is 11.8 Å². The van der Waals surface area contributed by atoms with E-state index in [-0.39, 0.29) is 35.4 Å². The number of amides is 2. The van der Waals surface area contributed by atoms with E-state index in [0.717, 1.165) is 16.7 Å². The number of hydrogen-bond donors (Lipinski definition) is 1. The summed E-state index contributed by atoms with van der Waals surface area (Å²) < 4.78 is 13.1. The number of carbonyl (C=O) groups excluding carboxylic acids is 2. The molecule has 2 amide bonds. The predicted octanol–water partition coefficient (Wildman–Crippen LogP) is 4.04. The first-order chi connectivity index (χ1) is 13.8. The highest BCUT2D eigenvalue weighted by Gasteiger charge is 2.40. The van der Waals surface area contributed by atoms with Gasteiger partial charge < -0.3 is 10.2 Å². The number of likely N-dealkylation sites (tertiary alicyclic amines) is 1. The lowest BCUT2D eigenvalue weighted by atomic mass is 9.86. The van der Waals surface area contributed by atoms with Crippen LogP contribution in [0.1, 0.15) is 42.9 Å². The van der Waals surface area contributed by atoms with Crippen LogP contribution in [0.25, 0.3) is 0 Å². The Labute approximate surface area is 172 Å². The van der Waals surface area contributed by atoms with Crippen molar-refractivity contribution in [2.75, 3.05) is 13.1 Å². The summed E-state index contributed by atoms with van der Waals surface area (Å²) in [6.45, 7) is 7.43. The lowest BCUT2D eigenvalue weighted by Gasteiger charge is -2.20. The minimum atomic E-state index is -0.298. The molecule has 1 heterocycles. The molecule has 1 N–H and O–H groups in total. The predicted molar refractivity (Wildman–Crippen MR) is 112 cm³/mol. The summed E-state index contributed by atoms with van der Waals surface area (Å²) in [4.78, 5) is 27.5. The van der Waals surface area contributed by atoms with Crippen LogP contribution in [-0.2, 0) is 16.1 Å². The van der Waals surface area contributed by atoms with E-state index in [2.05, 4.69) is 11.4 Å². The van der Waals surface area contributed by atoms with Crippen molar-refractivity contribution in [3.63, 3.8) is 0 Å². The number of nitrogens with zero attached hydrogens (tertiary/aromatic N) is 1. The molecule has 5 heteroatoms. The van der Waals surface area contributed by atoms with Gasteiger partial charge in [-0.25, -0.2) is 4.39 Å². The maximum atomic E-state index is 13.1. The summed E-state index contributed by atoms with van der Waals surface area (Å²) in [5.74, 6) is -0.302. The summed E-state index contributed by atoms with van der Waals surface area (Å²) in [6.07, 6.45) is 0.490. The monoisotopic (exact) mass is 396 g/mol. The lowest BCUT2D eigenvalue weighted by Crippen LogP contribution is -2.35. The van der Waals surface area contributed by atoms with E-state index in [0.29, 0.717) is 26.1 Å². The molecular weight excluding hydrogens is 367 g/mol. The van der Waals surface area contributed by atoms with E-state index in [4.69, 9.17) is 0 Å². The summed E-state index contributed by atoms with van der Waals surface area (Å²) in [5.41, 5.74) is 3.10. The molecule has 154 valence electrons. The highest BCUT2D eigenvalue weighted by Crippen LogP contribution is 2.35. The third-order valence-electron chi connectivity index (χ3n) is 5.56. The summed E-state index contributed by atoms with van der Waals surface area (Å²) in [5, 5.41) is 2.98. The Kier molecular flexibility index (Phi) is 6.68. The van der Waals surface area contributed by atoms with Crippen molar-refractivity contribution in [1.82, 2.24) is 10.2 Å². The van der Waals surface area contributed by atoms with Crippen LogP contribution < -0.4 is 5.32 Å². The number of halogens is 1. The van der Waals surface area contributed by atoms with Gasteiger partial charge in [-0.05, 0) is 41.7 Å². The molecule has 2 aromatic carbocycles. The molecule has 29 heavy (non-hydrogen) atoms. The minimum Gasteiger partial charge on any atom is -0.352 e. The van der Waals surface area contributed by atoms with Crippen LogP contribution in [0.4, 0.5) is 4.39 Å². The van der Waals surface area contributed by atoms with Gasteiger partial charge >= 0.3 is 0 Å². The molecule has 0 saturated carbocycles. The molecule has 3 rings (SSSR count). The summed E-state index contributed by atoms with van der Waals surface area (Å²) in [6, 6.07) is 14.2. The second kappa shape index (κ2) is 9.21. The topological polar surface area (TPSA) is 49.4 Å². The van der Waals surface area contributed by atoms with E-state index < -0.39 is 0 Å². The van der Waals surface area contributed by atoms with Crippen molar-refractivity contribution in [3.05, 3.63) is 71.0 Å². The summed E-state index contributed by atoms with van der Waals surface area (Å²) in [7, 11) is 0. The second-order valence-electron chi connectivity index (χ2n) is 8.31. The molecule has 0 radical (unpaired) electrons. The highest BCUT2D eigenvalue weighted by molar-refractivity contribution is 5.83. The largest absolute Gasteiger partial charge is 0.352 e. The molecule has 0 bridgehead atoms. The molecule has 1 saturated heterocycles. The summed E-state index contributed by atoms with van der Waals surface area (Å²) >= 11 is 0. The fraction of sp³-hybridized carbons (Fsp3) is 0.417. The Hall–Kier alpha value is -2.69. The molecule has 1 aliphatic heterocycles. The van der Waals surface area contributed by atoms with E-state index in [9.17, 15) is 14.0 Å². The average molecular weight is 397 g/mol. The Morgan fingerprint density at radius 2 is 1.79 bits per heavy atom. The first kappa shape index (κ1) is 21.0. The Morgan fingerprint density at radius 1 is 1.10 bits per heavy atom. The number of benzene rings is 2. The van der Waals surface area contributed by atoms with Crippen LogP contribution in [0, 0.1) is 24.6 Å². The fourth-order valence-electron chi connectivity index (χ4n) is 3.99. The molecule has 0 spiro atoms. The van der Waals surface area contributed by atoms with Crippen LogP contribution in [0.15, 0.2) is 48.5 Å². The van der Waals surface area contributed by atoms with Gasteiger partial charge in [0.15, 0.2) is 0 Å². The molecule has 2 aromatic rings. The number of hydrogen-bond acceptors (Lipinski definition) is 2. The zero-order valence-electron chi connectivity index (χ0n) is 17.3. The first-order valence-corrected chi connectivity index (χ1v) is 10.2. The number of aryl methyl sites for hydroxylation is 1. The van der Waals surface area contributed by atoms with Gasteiger partial charge in [-0.15, -0.1) is 0 Å². The van der Waals surface area contributed by atoms with Crippen LogP contribution in [0.3, 0.4) is 0 Å². The van der Waals surface area contributed by atoms with E-state index in [1.54, 1.807) is 12.1 Å². The standard InChI is InChI=1S/C24H29FN2O2/c1-16(2)12-23(28)27-14-21(20-7-5-4-6-17(20)3)22(15-27)24(29)26-13-18-8-10-19(25)11-9-18/h4-11,16,21-22H,12-15H2,1-3H3,(H,26,29)/t21-,22-/m0/s1. The zero-order chi connectivity index (χ0) is 21.0. The van der Waals surface area contributed by atoms with Crippen molar-refractivity contribution in [1.29, 1.82) is 0 Å². The number of nitrogens with one attached hydrogen (secondary N) is 1. The van der Waals surface area contributed by atoms with Crippen LogP contribution in [-0.4, -0.2) is 29.8 Å². The van der Waals surface area contributed by atoms with Gasteiger partial charge in [-0.3, -0.25) is 9.59 Å². The smallest absolute Gasteiger partial charge is 0.225 e. The van der Waals surface area contributed by atoms with Gasteiger partial charge in [0.05, 0.1) is 5.92 Å². The maximum Gasteiger partial charge on any atom is 0.225 e. The van der Waals surface area contributed by atoms with Crippen molar-refractivity contribution < 1.29 is 14.0 Å². The van der Waals surface area contributed by atoms with Crippen molar-refractivity contribution in [2.24, 2.45) is 11.8 Å². The average Bonchev–Trinajstić information content (AvgIpc) is 3.12. The van der Waals surface area contributed by atoms with Crippen LogP contribution in [0.2, 0.25) is 0 Å². The Morgan fingerprint density at radius 3 is 2.45 bits per heavy atom. The molecule has 1 fully saturated rings. The lowest BCUT2D eigenvalue weighted by molar-refractivity contribution is -0.131. The normalized spacial score (nSPS) is 18.9. The van der Waals surface area contributed by atoms with E-state index >= 15 is 0 Å². The Bertz CT molecular complexity index is 863. The van der Waals surface area contributed by atoms with Gasteiger partial charge in [0.2, 0.25) is 11.8 Å². The molecule has 4 nitrogen and oxygen atoms in total. The van der Waals surface area contributed by atoms with Crippen molar-refractivity contribution in [2.45, 2.75) is 39.7 Å². The maximum absolute atomic E-state index is 13.1. The van der Waals surface area contributed by atoms with Gasteiger partial charge in [0.1, 0.15) is 5.82 Å². The zero-order valence-corrected chi connectivity index (χ0v) is 17.3. The highest BCUT2D eigenvalue weighted by atomic mass is 19.1. The number of rotatable bonds is 6. The molecular formula is C24H29FN2O2. The van der Waals surface area contributed by atoms with E-state index in [1.807, 2.05) is 43.9 Å². The van der Waals surface area contributed by atoms with Crippen LogP contribution >= 0.6 is 0 Å². The van der Waals surface area contributed by atoms with Gasteiger partial charge in [0, 0.05) is 32.0 Å². The molecule has 0 aromatic heterocycles. The Balaban J connectivity index is 1.76. The van der Waals surface area contributed by atoms with Gasteiger partial charge in [-0.2, -0.15) is 0 Å². The number of carbonyl (C=O) groups is 2. The fourth-order valence-corrected chi connectivity index (χ4v) is 3.99. The first-order valence-electron chi connectivity index (χ1n) is 10.2. The quantitative estimate of drug-likeness (QED) is 0.801. The molecule has 0 aliphatic carbocycles. The third kappa shape index (κ3) is 5.22. The van der Waals surface area contributed by atoms with Crippen LogP contribution in [0.5, 0.6) is 0 Å². The SMILES string of the molecule is Cc1ccccc1[C@@H]1CN(C(=O)CC(C)C)C[C@@H]1C(=O)NCc1ccc(F)cc1. The van der Waals surface area contributed by atoms with Gasteiger partial charge in [-0.1, -0.05) is 50.2 Å². The minimum absolute atomic E-state index is 0.0273. The second-order valence-corrected chi connectivity index (χ2v) is 8.31. The van der Waals surface area contributed by atoms with Gasteiger partial charge in [0.25, 0.3) is 0 Å². The van der Waals surface area contributed by atoms with Crippen molar-refractivity contribution in [3.8, 4) is 0 Å². The third-order valence-corrected chi connectivity index (χ3v) is 5.56.